The first-order chi connectivity index (χ1) is 10.2. The van der Waals surface area contributed by atoms with Crippen LogP contribution in [0.25, 0.3) is 0 Å². The average Bonchev–Trinajstić information content (AvgIpc) is 2.67. The van der Waals surface area contributed by atoms with Gasteiger partial charge in [0.05, 0.1) is 17.1 Å². The van der Waals surface area contributed by atoms with E-state index in [0.29, 0.717) is 11.4 Å². The molecule has 22 heavy (non-hydrogen) atoms. The van der Waals surface area contributed by atoms with Crippen LogP contribution in [0.15, 0.2) is 6.20 Å². The van der Waals surface area contributed by atoms with Crippen molar-refractivity contribution in [3.8, 4) is 0 Å². The van der Waals surface area contributed by atoms with Crippen molar-refractivity contribution in [3.63, 3.8) is 0 Å². The molecule has 2 aromatic rings. The molecule has 0 spiro atoms. The Morgan fingerprint density at radius 3 is 2.45 bits per heavy atom. The fourth-order valence-electron chi connectivity index (χ4n) is 2.11. The number of hydrogen-bond donors (Lipinski definition) is 2. The Labute approximate surface area is 125 Å². The summed E-state index contributed by atoms with van der Waals surface area (Å²) < 4.78 is 40.2. The van der Waals surface area contributed by atoms with Gasteiger partial charge >= 0.3 is 6.18 Å². The maximum absolute atomic E-state index is 12.8. The summed E-state index contributed by atoms with van der Waals surface area (Å²) in [7, 11) is 0. The lowest BCUT2D eigenvalue weighted by Gasteiger charge is -2.13. The van der Waals surface area contributed by atoms with Gasteiger partial charge in [0, 0.05) is 12.7 Å². The molecule has 2 aromatic heterocycles. The van der Waals surface area contributed by atoms with Crippen LogP contribution in [0.5, 0.6) is 0 Å². The van der Waals surface area contributed by atoms with Crippen molar-refractivity contribution in [1.29, 1.82) is 0 Å². The summed E-state index contributed by atoms with van der Waals surface area (Å²) in [6.07, 6.45) is -1.90. The summed E-state index contributed by atoms with van der Waals surface area (Å²) >= 11 is 0. The minimum absolute atomic E-state index is 0.0159. The molecule has 0 aliphatic carbocycles. The predicted molar refractivity (Wildman–Crippen MR) is 76.7 cm³/mol. The van der Waals surface area contributed by atoms with Gasteiger partial charge in [-0.1, -0.05) is 6.92 Å². The summed E-state index contributed by atoms with van der Waals surface area (Å²) in [5.41, 5.74) is 5.53. The third-order valence-electron chi connectivity index (χ3n) is 3.05. The molecular formula is C13H17F3N6. The predicted octanol–water partition coefficient (Wildman–Crippen LogP) is 3.04. The Kier molecular flexibility index (Phi) is 4.25. The van der Waals surface area contributed by atoms with Crippen molar-refractivity contribution in [3.05, 3.63) is 23.1 Å². The molecule has 9 heteroatoms. The van der Waals surface area contributed by atoms with Crippen LogP contribution in [0, 0.1) is 13.8 Å². The number of anilines is 3. The number of rotatable bonds is 4. The second-order valence-electron chi connectivity index (χ2n) is 4.91. The maximum atomic E-state index is 12.8. The standard InChI is InChI=1S/C13H17F3N6/c1-4-5-22-6-9(7(2)21-22)19-12-18-8(3)10(11(17)20-12)13(14,15)16/h6H,4-5H2,1-3H3,(H3,17,18,19,20). The van der Waals surface area contributed by atoms with E-state index in [-0.39, 0.29) is 11.6 Å². The zero-order valence-corrected chi connectivity index (χ0v) is 12.5. The molecule has 3 N–H and O–H groups in total. The SMILES string of the molecule is CCCn1cc(Nc2nc(C)c(C(F)(F)F)c(N)n2)c(C)n1. The number of nitrogens with one attached hydrogen (secondary N) is 1. The van der Waals surface area contributed by atoms with Gasteiger partial charge in [-0.2, -0.15) is 23.3 Å². The Morgan fingerprint density at radius 2 is 1.91 bits per heavy atom. The summed E-state index contributed by atoms with van der Waals surface area (Å²) in [4.78, 5) is 7.52. The quantitative estimate of drug-likeness (QED) is 0.906. The average molecular weight is 314 g/mol. The summed E-state index contributed by atoms with van der Waals surface area (Å²) in [6.45, 7) is 5.80. The van der Waals surface area contributed by atoms with Crippen molar-refractivity contribution in [2.24, 2.45) is 0 Å². The molecule has 0 amide bonds. The van der Waals surface area contributed by atoms with E-state index in [0.717, 1.165) is 13.0 Å². The van der Waals surface area contributed by atoms with Gasteiger partial charge in [0.25, 0.3) is 0 Å². The first-order valence-corrected chi connectivity index (χ1v) is 6.74. The lowest BCUT2D eigenvalue weighted by molar-refractivity contribution is -0.137. The van der Waals surface area contributed by atoms with Crippen LogP contribution < -0.4 is 11.1 Å². The van der Waals surface area contributed by atoms with Gasteiger partial charge in [0.15, 0.2) is 0 Å². The van der Waals surface area contributed by atoms with Crippen molar-refractivity contribution >= 4 is 17.5 Å². The van der Waals surface area contributed by atoms with Gasteiger partial charge in [-0.25, -0.2) is 4.98 Å². The van der Waals surface area contributed by atoms with Crippen molar-refractivity contribution in [2.75, 3.05) is 11.1 Å². The van der Waals surface area contributed by atoms with E-state index in [1.807, 2.05) is 6.92 Å². The van der Waals surface area contributed by atoms with Crippen LogP contribution in [-0.2, 0) is 12.7 Å². The lowest BCUT2D eigenvalue weighted by Crippen LogP contribution is -2.15. The van der Waals surface area contributed by atoms with E-state index in [2.05, 4.69) is 20.4 Å². The zero-order chi connectivity index (χ0) is 16.5. The van der Waals surface area contributed by atoms with Crippen molar-refractivity contribution in [2.45, 2.75) is 39.9 Å². The van der Waals surface area contributed by atoms with Gasteiger partial charge < -0.3 is 11.1 Å². The van der Waals surface area contributed by atoms with E-state index >= 15 is 0 Å². The number of hydrogen-bond acceptors (Lipinski definition) is 5. The zero-order valence-electron chi connectivity index (χ0n) is 12.5. The summed E-state index contributed by atoms with van der Waals surface area (Å²) in [5, 5.41) is 7.14. The van der Waals surface area contributed by atoms with Crippen molar-refractivity contribution in [1.82, 2.24) is 19.7 Å². The molecule has 0 aliphatic heterocycles. The Morgan fingerprint density at radius 1 is 1.23 bits per heavy atom. The normalized spacial score (nSPS) is 11.7. The molecule has 0 fully saturated rings. The minimum atomic E-state index is -4.57. The molecule has 2 heterocycles. The molecule has 0 atom stereocenters. The number of nitrogen functional groups attached to an aromatic ring is 1. The molecule has 2 rings (SSSR count). The Bertz CT molecular complexity index is 654. The molecule has 6 nitrogen and oxygen atoms in total. The van der Waals surface area contributed by atoms with Crippen LogP contribution in [0.4, 0.5) is 30.6 Å². The third kappa shape index (κ3) is 3.29. The largest absolute Gasteiger partial charge is 0.421 e. The lowest BCUT2D eigenvalue weighted by atomic mass is 10.2. The van der Waals surface area contributed by atoms with Crippen molar-refractivity contribution < 1.29 is 13.2 Å². The van der Waals surface area contributed by atoms with Crippen LogP contribution >= 0.6 is 0 Å². The first kappa shape index (κ1) is 16.1. The minimum Gasteiger partial charge on any atom is -0.383 e. The molecule has 0 saturated carbocycles. The molecule has 0 unspecified atom stereocenters. The molecule has 0 radical (unpaired) electrons. The van der Waals surface area contributed by atoms with E-state index in [1.54, 1.807) is 17.8 Å². The van der Waals surface area contributed by atoms with Gasteiger partial charge in [-0.3, -0.25) is 4.68 Å². The highest BCUT2D eigenvalue weighted by Gasteiger charge is 2.36. The monoisotopic (exact) mass is 314 g/mol. The molecule has 0 aliphatic rings. The van der Waals surface area contributed by atoms with Gasteiger partial charge in [-0.15, -0.1) is 0 Å². The van der Waals surface area contributed by atoms with Crippen LogP contribution in [-0.4, -0.2) is 19.7 Å². The summed E-state index contributed by atoms with van der Waals surface area (Å²) in [5.74, 6) is -0.580. The number of alkyl halides is 3. The van der Waals surface area contributed by atoms with E-state index in [1.165, 1.54) is 6.92 Å². The first-order valence-electron chi connectivity index (χ1n) is 6.74. The molecular weight excluding hydrogens is 297 g/mol. The van der Waals surface area contributed by atoms with Gasteiger partial charge in [0.1, 0.15) is 11.4 Å². The van der Waals surface area contributed by atoms with Crippen LogP contribution in [0.1, 0.15) is 30.3 Å². The van der Waals surface area contributed by atoms with Gasteiger partial charge in [0.2, 0.25) is 5.95 Å². The molecule has 0 bridgehead atoms. The topological polar surface area (TPSA) is 81.7 Å². The number of aromatic nitrogens is 4. The Balaban J connectivity index is 2.31. The second-order valence-corrected chi connectivity index (χ2v) is 4.91. The van der Waals surface area contributed by atoms with E-state index in [4.69, 9.17) is 5.73 Å². The number of aryl methyl sites for hydroxylation is 3. The highest BCUT2D eigenvalue weighted by Crippen LogP contribution is 2.35. The summed E-state index contributed by atoms with van der Waals surface area (Å²) in [6, 6.07) is 0. The number of nitrogens with zero attached hydrogens (tertiary/aromatic N) is 4. The molecule has 0 saturated heterocycles. The number of nitrogens with two attached hydrogens (primary N) is 1. The van der Waals surface area contributed by atoms with Crippen LogP contribution in [0.3, 0.4) is 0 Å². The third-order valence-corrected chi connectivity index (χ3v) is 3.05. The van der Waals surface area contributed by atoms with Crippen LogP contribution in [0.2, 0.25) is 0 Å². The second kappa shape index (κ2) is 5.82. The maximum Gasteiger partial charge on any atom is 0.421 e. The molecule has 0 aromatic carbocycles. The smallest absolute Gasteiger partial charge is 0.383 e. The highest BCUT2D eigenvalue weighted by atomic mass is 19.4. The van der Waals surface area contributed by atoms with E-state index in [9.17, 15) is 13.2 Å². The molecule has 120 valence electrons. The Hall–Kier alpha value is -2.32. The fourth-order valence-corrected chi connectivity index (χ4v) is 2.11. The van der Waals surface area contributed by atoms with E-state index < -0.39 is 17.6 Å². The highest BCUT2D eigenvalue weighted by molar-refractivity contribution is 5.58. The fraction of sp³-hybridized carbons (Fsp3) is 0.462. The number of halogens is 3. The van der Waals surface area contributed by atoms with Gasteiger partial charge in [-0.05, 0) is 20.3 Å².